The lowest BCUT2D eigenvalue weighted by molar-refractivity contribution is 0.0379. The molecule has 134 valence electrons. The number of carbonyl (C=O) groups is 1. The lowest BCUT2D eigenvalue weighted by atomic mass is 10.00. The van der Waals surface area contributed by atoms with Crippen LogP contribution in [0.4, 0.5) is 0 Å². The van der Waals surface area contributed by atoms with Crippen LogP contribution in [0.1, 0.15) is 59.6 Å². The quantitative estimate of drug-likeness (QED) is 0.901. The van der Waals surface area contributed by atoms with E-state index in [1.807, 2.05) is 27.7 Å². The van der Waals surface area contributed by atoms with Crippen molar-refractivity contribution >= 4 is 5.91 Å². The Labute approximate surface area is 146 Å². The number of hydrogen-bond donors (Lipinski definition) is 1. The maximum atomic E-state index is 12.8. The third kappa shape index (κ3) is 3.13. The highest BCUT2D eigenvalue weighted by atomic mass is 16.3. The van der Waals surface area contributed by atoms with E-state index < -0.39 is 5.60 Å². The first-order valence-corrected chi connectivity index (χ1v) is 8.47. The second-order valence-electron chi connectivity index (χ2n) is 7.01. The zero-order chi connectivity index (χ0) is 18.4. The molecule has 8 heteroatoms. The molecule has 1 saturated heterocycles. The second-order valence-corrected chi connectivity index (χ2v) is 7.01. The van der Waals surface area contributed by atoms with E-state index in [2.05, 4.69) is 20.3 Å². The fourth-order valence-corrected chi connectivity index (χ4v) is 2.99. The molecule has 1 N–H and O–H groups in total. The van der Waals surface area contributed by atoms with E-state index >= 15 is 0 Å². The number of aryl methyl sites for hydroxylation is 3. The lowest BCUT2D eigenvalue weighted by Gasteiger charge is -2.21. The van der Waals surface area contributed by atoms with Gasteiger partial charge in [-0.1, -0.05) is 5.21 Å². The van der Waals surface area contributed by atoms with Gasteiger partial charge in [-0.3, -0.25) is 9.78 Å². The summed E-state index contributed by atoms with van der Waals surface area (Å²) < 4.78 is 1.71. The zero-order valence-electron chi connectivity index (χ0n) is 15.3. The van der Waals surface area contributed by atoms with Crippen LogP contribution in [0.3, 0.4) is 0 Å². The highest BCUT2D eigenvalue weighted by Crippen LogP contribution is 2.31. The van der Waals surface area contributed by atoms with Crippen LogP contribution < -0.4 is 0 Å². The largest absolute Gasteiger partial charge is 0.381 e. The molecule has 0 spiro atoms. The molecule has 0 aromatic carbocycles. The third-order valence-electron chi connectivity index (χ3n) is 4.73. The molecule has 3 rings (SSSR count). The highest BCUT2D eigenvalue weighted by Gasteiger charge is 2.42. The summed E-state index contributed by atoms with van der Waals surface area (Å²) >= 11 is 0. The standard InChI is InChI=1S/C17H24N6O2/c1-10(2)23-8-14(20-21-23)17(25)6-7-22(9-17)16(24)15-13(5)18-11(3)12(4)19-15/h8,10,25H,6-7,9H2,1-5H3. The van der Waals surface area contributed by atoms with Crippen LogP contribution in [-0.4, -0.2) is 54.0 Å². The van der Waals surface area contributed by atoms with Crippen LogP contribution >= 0.6 is 0 Å². The number of amides is 1. The summed E-state index contributed by atoms with van der Waals surface area (Å²) in [6.07, 6.45) is 2.17. The predicted molar refractivity (Wildman–Crippen MR) is 91.1 cm³/mol. The van der Waals surface area contributed by atoms with Crippen LogP contribution in [0.25, 0.3) is 0 Å². The summed E-state index contributed by atoms with van der Waals surface area (Å²) in [5.74, 6) is -0.208. The number of nitrogens with zero attached hydrogens (tertiary/aromatic N) is 6. The molecule has 2 aromatic rings. The van der Waals surface area contributed by atoms with Gasteiger partial charge in [0.25, 0.3) is 5.91 Å². The zero-order valence-corrected chi connectivity index (χ0v) is 15.3. The molecule has 1 amide bonds. The molecular formula is C17H24N6O2. The number of β-amino-alcohol motifs (C(OH)–C–C–N with tert-alkyl or cyclic N) is 1. The normalized spacial score (nSPS) is 20.5. The number of carbonyl (C=O) groups excluding carboxylic acids is 1. The van der Waals surface area contributed by atoms with Crippen molar-refractivity contribution in [3.05, 3.63) is 34.7 Å². The number of aromatic nitrogens is 5. The maximum absolute atomic E-state index is 12.8. The van der Waals surface area contributed by atoms with E-state index in [0.717, 1.165) is 11.4 Å². The summed E-state index contributed by atoms with van der Waals surface area (Å²) in [6.45, 7) is 10.1. The van der Waals surface area contributed by atoms with E-state index in [1.165, 1.54) is 0 Å². The third-order valence-corrected chi connectivity index (χ3v) is 4.73. The molecule has 1 unspecified atom stereocenters. The topological polar surface area (TPSA) is 97.0 Å². The van der Waals surface area contributed by atoms with E-state index in [9.17, 15) is 9.90 Å². The Morgan fingerprint density at radius 1 is 1.20 bits per heavy atom. The predicted octanol–water partition coefficient (Wildman–Crippen LogP) is 1.31. The summed E-state index contributed by atoms with van der Waals surface area (Å²) in [5.41, 5.74) is 1.83. The molecule has 25 heavy (non-hydrogen) atoms. The van der Waals surface area contributed by atoms with Gasteiger partial charge in [-0.15, -0.1) is 5.10 Å². The first-order valence-electron chi connectivity index (χ1n) is 8.47. The Balaban J connectivity index is 1.82. The molecule has 1 aliphatic rings. The SMILES string of the molecule is Cc1nc(C)c(C(=O)N2CCC(O)(c3cn(C(C)C)nn3)C2)nc1C. The van der Waals surface area contributed by atoms with Gasteiger partial charge in [-0.05, 0) is 34.6 Å². The van der Waals surface area contributed by atoms with Crippen LogP contribution in [0.2, 0.25) is 0 Å². The van der Waals surface area contributed by atoms with Gasteiger partial charge >= 0.3 is 0 Å². The fourth-order valence-electron chi connectivity index (χ4n) is 2.99. The van der Waals surface area contributed by atoms with Gasteiger partial charge in [0.2, 0.25) is 0 Å². The number of likely N-dealkylation sites (tertiary alicyclic amines) is 1. The molecule has 1 fully saturated rings. The molecular weight excluding hydrogens is 320 g/mol. The van der Waals surface area contributed by atoms with Gasteiger partial charge in [0.05, 0.1) is 29.8 Å². The summed E-state index contributed by atoms with van der Waals surface area (Å²) in [5, 5.41) is 19.1. The van der Waals surface area contributed by atoms with Crippen LogP contribution in [-0.2, 0) is 5.60 Å². The monoisotopic (exact) mass is 344 g/mol. The van der Waals surface area contributed by atoms with Crippen LogP contribution in [0, 0.1) is 20.8 Å². The Bertz CT molecular complexity index is 815. The maximum Gasteiger partial charge on any atom is 0.274 e. The molecule has 0 saturated carbocycles. The first-order chi connectivity index (χ1) is 11.7. The van der Waals surface area contributed by atoms with Gasteiger partial charge in [-0.25, -0.2) is 9.67 Å². The van der Waals surface area contributed by atoms with Gasteiger partial charge in [0.1, 0.15) is 17.0 Å². The van der Waals surface area contributed by atoms with Crippen LogP contribution in [0.5, 0.6) is 0 Å². The Hall–Kier alpha value is -2.35. The minimum Gasteiger partial charge on any atom is -0.381 e. The minimum atomic E-state index is -1.18. The lowest BCUT2D eigenvalue weighted by Crippen LogP contribution is -2.35. The average molecular weight is 344 g/mol. The van der Waals surface area contributed by atoms with E-state index in [4.69, 9.17) is 0 Å². The summed E-state index contributed by atoms with van der Waals surface area (Å²) in [7, 11) is 0. The van der Waals surface area contributed by atoms with Gasteiger partial charge in [0, 0.05) is 19.0 Å². The molecule has 1 aliphatic heterocycles. The molecule has 0 bridgehead atoms. The first kappa shape index (κ1) is 17.5. The van der Waals surface area contributed by atoms with E-state index in [-0.39, 0.29) is 18.5 Å². The van der Waals surface area contributed by atoms with Crippen molar-refractivity contribution in [2.45, 2.75) is 52.7 Å². The smallest absolute Gasteiger partial charge is 0.274 e. The Morgan fingerprint density at radius 2 is 1.88 bits per heavy atom. The number of aliphatic hydroxyl groups is 1. The van der Waals surface area contributed by atoms with Gasteiger partial charge in [0.15, 0.2) is 0 Å². The number of rotatable bonds is 3. The molecule has 1 atom stereocenters. The van der Waals surface area contributed by atoms with Crippen molar-refractivity contribution in [3.63, 3.8) is 0 Å². The van der Waals surface area contributed by atoms with E-state index in [0.29, 0.717) is 30.0 Å². The van der Waals surface area contributed by atoms with Crippen molar-refractivity contribution < 1.29 is 9.90 Å². The summed E-state index contributed by atoms with van der Waals surface area (Å²) in [6, 6.07) is 0.164. The second kappa shape index (κ2) is 6.18. The molecule has 2 aromatic heterocycles. The van der Waals surface area contributed by atoms with Gasteiger partial charge in [-0.2, -0.15) is 0 Å². The van der Waals surface area contributed by atoms with Gasteiger partial charge < -0.3 is 10.0 Å². The van der Waals surface area contributed by atoms with Crippen molar-refractivity contribution in [2.75, 3.05) is 13.1 Å². The van der Waals surface area contributed by atoms with E-state index in [1.54, 1.807) is 22.7 Å². The van der Waals surface area contributed by atoms with Crippen LogP contribution in [0.15, 0.2) is 6.20 Å². The van der Waals surface area contributed by atoms with Crippen molar-refractivity contribution in [3.8, 4) is 0 Å². The summed E-state index contributed by atoms with van der Waals surface area (Å²) in [4.78, 5) is 23.2. The Kier molecular flexibility index (Phi) is 4.32. The molecule has 8 nitrogen and oxygen atoms in total. The number of hydrogen-bond acceptors (Lipinski definition) is 6. The fraction of sp³-hybridized carbons (Fsp3) is 0.588. The van der Waals surface area contributed by atoms with Crippen molar-refractivity contribution in [1.29, 1.82) is 0 Å². The van der Waals surface area contributed by atoms with Crippen molar-refractivity contribution in [1.82, 2.24) is 29.9 Å². The molecule has 0 radical (unpaired) electrons. The molecule has 0 aliphatic carbocycles. The molecule has 3 heterocycles. The average Bonchev–Trinajstić information content (AvgIpc) is 3.18. The van der Waals surface area contributed by atoms with Crippen molar-refractivity contribution in [2.24, 2.45) is 0 Å². The highest BCUT2D eigenvalue weighted by molar-refractivity contribution is 5.93. The Morgan fingerprint density at radius 3 is 2.52 bits per heavy atom. The minimum absolute atomic E-state index is 0.164.